The van der Waals surface area contributed by atoms with E-state index in [9.17, 15) is 4.79 Å². The average molecular weight is 412 g/mol. The summed E-state index contributed by atoms with van der Waals surface area (Å²) in [6.45, 7) is 10.5. The number of amides is 1. The highest BCUT2D eigenvalue weighted by Crippen LogP contribution is 2.43. The van der Waals surface area contributed by atoms with Gasteiger partial charge >= 0.3 is 0 Å². The molecule has 0 radical (unpaired) electrons. The molecule has 0 unspecified atom stereocenters. The maximum atomic E-state index is 13.7. The second kappa shape index (κ2) is 7.67. The monoisotopic (exact) mass is 411 g/mol. The zero-order valence-corrected chi connectivity index (χ0v) is 17.7. The van der Waals surface area contributed by atoms with Gasteiger partial charge in [-0.25, -0.2) is 0 Å². The zero-order valence-electron chi connectivity index (χ0n) is 17.7. The second-order valence-corrected chi connectivity index (χ2v) is 8.83. The minimum atomic E-state index is -0.441. The summed E-state index contributed by atoms with van der Waals surface area (Å²) in [4.78, 5) is 24.7. The Morgan fingerprint density at radius 2 is 2.00 bits per heavy atom. The molecule has 3 fully saturated rings. The van der Waals surface area contributed by atoms with Crippen LogP contribution in [0.25, 0.3) is 0 Å². The lowest BCUT2D eigenvalue weighted by Gasteiger charge is -2.40. The predicted molar refractivity (Wildman–Crippen MR) is 111 cm³/mol. The van der Waals surface area contributed by atoms with E-state index in [2.05, 4.69) is 56.0 Å². The van der Waals surface area contributed by atoms with Crippen molar-refractivity contribution in [2.24, 2.45) is 11.3 Å². The zero-order chi connectivity index (χ0) is 20.7. The van der Waals surface area contributed by atoms with Crippen molar-refractivity contribution in [2.45, 2.75) is 20.4 Å². The molecule has 4 heterocycles. The largest absolute Gasteiger partial charge is 0.380 e. The first-order chi connectivity index (χ1) is 14.5. The van der Waals surface area contributed by atoms with E-state index in [1.807, 2.05) is 0 Å². The Balaban J connectivity index is 1.25. The van der Waals surface area contributed by atoms with Crippen LogP contribution in [0.2, 0.25) is 0 Å². The van der Waals surface area contributed by atoms with E-state index in [0.29, 0.717) is 38.0 Å². The molecular formula is C22H29N5O3. The van der Waals surface area contributed by atoms with Crippen molar-refractivity contribution in [1.29, 1.82) is 0 Å². The number of fused-ring (bicyclic) bond motifs is 1. The molecular weight excluding hydrogens is 382 g/mol. The fourth-order valence-electron chi connectivity index (χ4n) is 5.25. The van der Waals surface area contributed by atoms with Gasteiger partial charge in [0, 0.05) is 57.8 Å². The van der Waals surface area contributed by atoms with Crippen LogP contribution in [0.15, 0.2) is 28.8 Å². The Labute approximate surface area is 176 Å². The first-order valence-corrected chi connectivity index (χ1v) is 10.7. The summed E-state index contributed by atoms with van der Waals surface area (Å²) in [5.41, 5.74) is 2.11. The minimum Gasteiger partial charge on any atom is -0.380 e. The number of likely N-dealkylation sites (tertiary alicyclic amines) is 1. The smallest absolute Gasteiger partial charge is 0.232 e. The van der Waals surface area contributed by atoms with E-state index in [-0.39, 0.29) is 11.8 Å². The molecule has 5 rings (SSSR count). The van der Waals surface area contributed by atoms with Gasteiger partial charge in [0.1, 0.15) is 0 Å². The van der Waals surface area contributed by atoms with Gasteiger partial charge in [0.15, 0.2) is 5.82 Å². The lowest BCUT2D eigenvalue weighted by atomic mass is 9.79. The first-order valence-electron chi connectivity index (χ1n) is 10.7. The topological polar surface area (TPSA) is 74.9 Å². The van der Waals surface area contributed by atoms with E-state index < -0.39 is 5.41 Å². The van der Waals surface area contributed by atoms with Gasteiger partial charge in [-0.2, -0.15) is 4.98 Å². The number of aryl methyl sites for hydroxylation is 2. The Morgan fingerprint density at radius 3 is 2.73 bits per heavy atom. The summed E-state index contributed by atoms with van der Waals surface area (Å²) in [5, 5.41) is 4.01. The number of nitrogens with zero attached hydrogens (tertiary/aromatic N) is 5. The van der Waals surface area contributed by atoms with Crippen molar-refractivity contribution < 1.29 is 14.1 Å². The van der Waals surface area contributed by atoms with E-state index in [4.69, 9.17) is 9.26 Å². The number of carbonyl (C=O) groups is 1. The van der Waals surface area contributed by atoms with Gasteiger partial charge in [-0.05, 0) is 18.6 Å². The highest BCUT2D eigenvalue weighted by Gasteiger charge is 2.57. The highest BCUT2D eigenvalue weighted by atomic mass is 16.5. The Morgan fingerprint density at radius 1 is 1.20 bits per heavy atom. The minimum absolute atomic E-state index is 0.229. The van der Waals surface area contributed by atoms with Crippen molar-refractivity contribution in [3.8, 4) is 0 Å². The highest BCUT2D eigenvalue weighted by molar-refractivity contribution is 5.84. The molecule has 0 aliphatic carbocycles. The van der Waals surface area contributed by atoms with E-state index in [0.717, 1.165) is 32.7 Å². The summed E-state index contributed by atoms with van der Waals surface area (Å²) in [7, 11) is 0. The molecule has 3 saturated heterocycles. The number of carbonyl (C=O) groups excluding carboxylic acids is 1. The molecule has 0 spiro atoms. The van der Waals surface area contributed by atoms with Crippen LogP contribution >= 0.6 is 0 Å². The second-order valence-electron chi connectivity index (χ2n) is 8.83. The fraction of sp³-hybridized carbons (Fsp3) is 0.591. The predicted octanol–water partition coefficient (Wildman–Crippen LogP) is 1.48. The molecule has 3 aliphatic heterocycles. The van der Waals surface area contributed by atoms with Gasteiger partial charge in [0.2, 0.25) is 11.8 Å². The van der Waals surface area contributed by atoms with Crippen molar-refractivity contribution in [3.63, 3.8) is 0 Å². The third-order valence-electron chi connectivity index (χ3n) is 6.83. The van der Waals surface area contributed by atoms with Crippen molar-refractivity contribution in [1.82, 2.24) is 19.9 Å². The number of hydrogen-bond donors (Lipinski definition) is 0. The van der Waals surface area contributed by atoms with E-state index >= 15 is 0 Å². The van der Waals surface area contributed by atoms with Crippen LogP contribution in [0.1, 0.15) is 17.3 Å². The van der Waals surface area contributed by atoms with Crippen LogP contribution in [0, 0.1) is 25.2 Å². The number of hydrogen-bond acceptors (Lipinski definition) is 7. The van der Waals surface area contributed by atoms with Gasteiger partial charge in [-0.1, -0.05) is 23.4 Å². The maximum absolute atomic E-state index is 13.7. The van der Waals surface area contributed by atoms with Crippen molar-refractivity contribution in [3.05, 3.63) is 41.5 Å². The molecule has 160 valence electrons. The maximum Gasteiger partial charge on any atom is 0.232 e. The molecule has 0 saturated carbocycles. The van der Waals surface area contributed by atoms with Crippen LogP contribution in [-0.2, 0) is 16.1 Å². The van der Waals surface area contributed by atoms with Crippen LogP contribution in [-0.4, -0.2) is 78.3 Å². The standard InChI is InChI=1S/C22H29N5O3/c1-16-5-3-4-6-19(16)26-7-9-27(10-8-26)21(28)22-14-25(11-18(22)13-29-15-22)12-20-23-17(2)30-24-20/h3-6,18H,7-15H2,1-2H3/t18-,22-/m0/s1. The molecule has 8 nitrogen and oxygen atoms in total. The fourth-order valence-corrected chi connectivity index (χ4v) is 5.25. The molecule has 3 aliphatic rings. The normalized spacial score (nSPS) is 26.9. The van der Waals surface area contributed by atoms with Crippen LogP contribution < -0.4 is 4.90 Å². The number of ether oxygens (including phenoxy) is 1. The number of anilines is 1. The number of aromatic nitrogens is 2. The number of para-hydroxylation sites is 1. The average Bonchev–Trinajstić information content (AvgIpc) is 3.43. The van der Waals surface area contributed by atoms with Gasteiger partial charge in [-0.15, -0.1) is 0 Å². The van der Waals surface area contributed by atoms with Crippen LogP contribution in [0.3, 0.4) is 0 Å². The van der Waals surface area contributed by atoms with Gasteiger partial charge < -0.3 is 19.1 Å². The first kappa shape index (κ1) is 19.5. The summed E-state index contributed by atoms with van der Waals surface area (Å²) >= 11 is 0. The molecule has 0 N–H and O–H groups in total. The molecule has 1 amide bonds. The summed E-state index contributed by atoms with van der Waals surface area (Å²) in [6.07, 6.45) is 0. The van der Waals surface area contributed by atoms with Gasteiger partial charge in [-0.3, -0.25) is 9.69 Å². The summed E-state index contributed by atoms with van der Waals surface area (Å²) in [6, 6.07) is 8.46. The van der Waals surface area contributed by atoms with Gasteiger partial charge in [0.05, 0.1) is 25.2 Å². The Hall–Kier alpha value is -2.45. The molecule has 30 heavy (non-hydrogen) atoms. The SMILES string of the molecule is Cc1nc(CN2C[C@H]3COC[C@@]3(C(=O)N3CCN(c4ccccc4C)CC3)C2)no1. The third kappa shape index (κ3) is 3.37. The number of benzene rings is 1. The van der Waals surface area contributed by atoms with Crippen molar-refractivity contribution in [2.75, 3.05) is 57.4 Å². The van der Waals surface area contributed by atoms with E-state index in [1.165, 1.54) is 11.3 Å². The third-order valence-corrected chi connectivity index (χ3v) is 6.83. The lowest BCUT2D eigenvalue weighted by molar-refractivity contribution is -0.143. The molecule has 1 aromatic heterocycles. The molecule has 8 heteroatoms. The van der Waals surface area contributed by atoms with Gasteiger partial charge in [0.25, 0.3) is 0 Å². The molecule has 1 aromatic carbocycles. The molecule has 0 bridgehead atoms. The van der Waals surface area contributed by atoms with E-state index in [1.54, 1.807) is 6.92 Å². The van der Waals surface area contributed by atoms with Crippen LogP contribution in [0.4, 0.5) is 5.69 Å². The summed E-state index contributed by atoms with van der Waals surface area (Å²) in [5.74, 6) is 1.74. The molecule has 2 aromatic rings. The summed E-state index contributed by atoms with van der Waals surface area (Å²) < 4.78 is 10.9. The van der Waals surface area contributed by atoms with Crippen molar-refractivity contribution >= 4 is 11.6 Å². The van der Waals surface area contributed by atoms with Crippen LogP contribution in [0.5, 0.6) is 0 Å². The Bertz CT molecular complexity index is 923. The molecule has 2 atom stereocenters. The quantitative estimate of drug-likeness (QED) is 0.754. The number of piperazine rings is 1. The Kier molecular flexibility index (Phi) is 4.99. The lowest BCUT2D eigenvalue weighted by Crippen LogP contribution is -2.55. The number of rotatable bonds is 4.